The summed E-state index contributed by atoms with van der Waals surface area (Å²) >= 11 is 0. The molecule has 3 rings (SSSR count). The average molecular weight is 327 g/mol. The number of carbonyl (C=O) groups is 2. The van der Waals surface area contributed by atoms with E-state index in [4.69, 9.17) is 0 Å². The quantitative estimate of drug-likeness (QED) is 0.928. The maximum atomic E-state index is 13.0. The third kappa shape index (κ3) is 2.48. The monoisotopic (exact) mass is 327 g/mol. The maximum Gasteiger partial charge on any atom is 0.322 e. The fourth-order valence-corrected chi connectivity index (χ4v) is 3.55. The topological polar surface area (TPSA) is 52.7 Å². The van der Waals surface area contributed by atoms with Gasteiger partial charge in [0, 0.05) is 13.1 Å². The molecule has 0 saturated carbocycles. The number of likely N-dealkylation sites (N-methyl/N-ethyl adjacent to an activating group) is 1. The number of benzene rings is 1. The molecule has 0 aromatic heterocycles. The molecule has 2 atom stereocenters. The standard InChI is InChI=1S/C19H25N3O2/c1-6-13(4)22-10-15-16(18(22)23)17(20-19(24)21(15)5)14-8-7-11(2)9-12(14)3/h7-9,13,17H,6,10H2,1-5H3,(H,20,24)/t13-,17-/m1/s1. The molecule has 0 aliphatic carbocycles. The van der Waals surface area contributed by atoms with Crippen LogP contribution < -0.4 is 5.32 Å². The maximum absolute atomic E-state index is 13.0. The summed E-state index contributed by atoms with van der Waals surface area (Å²) in [4.78, 5) is 28.9. The molecule has 0 radical (unpaired) electrons. The first-order valence-corrected chi connectivity index (χ1v) is 8.50. The lowest BCUT2D eigenvalue weighted by atomic mass is 9.91. The minimum Gasteiger partial charge on any atom is -0.330 e. The minimum absolute atomic E-state index is 0.0381. The number of urea groups is 1. The van der Waals surface area contributed by atoms with Crippen LogP contribution in [0.5, 0.6) is 0 Å². The lowest BCUT2D eigenvalue weighted by Gasteiger charge is -2.31. The number of nitrogens with zero attached hydrogens (tertiary/aromatic N) is 2. The Morgan fingerprint density at radius 1 is 1.29 bits per heavy atom. The molecule has 128 valence electrons. The third-order valence-corrected chi connectivity index (χ3v) is 5.25. The molecule has 0 spiro atoms. The summed E-state index contributed by atoms with van der Waals surface area (Å²) in [7, 11) is 1.73. The smallest absolute Gasteiger partial charge is 0.322 e. The Morgan fingerprint density at radius 3 is 2.62 bits per heavy atom. The van der Waals surface area contributed by atoms with Crippen LogP contribution in [-0.4, -0.2) is 41.4 Å². The molecule has 3 amide bonds. The van der Waals surface area contributed by atoms with Gasteiger partial charge < -0.3 is 10.2 Å². The van der Waals surface area contributed by atoms with Crippen molar-refractivity contribution in [3.05, 3.63) is 46.2 Å². The van der Waals surface area contributed by atoms with Gasteiger partial charge in [-0.1, -0.05) is 30.7 Å². The summed E-state index contributed by atoms with van der Waals surface area (Å²) in [6.45, 7) is 8.70. The van der Waals surface area contributed by atoms with Gasteiger partial charge in [0.25, 0.3) is 5.91 Å². The molecule has 0 bridgehead atoms. The molecule has 2 aliphatic rings. The molecule has 0 saturated heterocycles. The van der Waals surface area contributed by atoms with Crippen LogP contribution >= 0.6 is 0 Å². The van der Waals surface area contributed by atoms with Gasteiger partial charge in [-0.05, 0) is 38.3 Å². The zero-order chi connectivity index (χ0) is 17.6. The predicted octanol–water partition coefficient (Wildman–Crippen LogP) is 2.89. The highest BCUT2D eigenvalue weighted by Crippen LogP contribution is 2.37. The second-order valence-electron chi connectivity index (χ2n) is 6.85. The molecule has 5 nitrogen and oxygen atoms in total. The van der Waals surface area contributed by atoms with Crippen molar-refractivity contribution in [2.24, 2.45) is 0 Å². The first-order chi connectivity index (χ1) is 11.3. The van der Waals surface area contributed by atoms with Gasteiger partial charge in [-0.3, -0.25) is 9.69 Å². The summed E-state index contributed by atoms with van der Waals surface area (Å²) in [6.07, 6.45) is 0.894. The molecule has 2 aliphatic heterocycles. The normalized spacial score (nSPS) is 22.0. The molecule has 0 unspecified atom stereocenters. The Morgan fingerprint density at radius 2 is 2.00 bits per heavy atom. The molecule has 1 aromatic rings. The third-order valence-electron chi connectivity index (χ3n) is 5.25. The van der Waals surface area contributed by atoms with Crippen LogP contribution in [0.25, 0.3) is 0 Å². The Hall–Kier alpha value is -2.30. The Balaban J connectivity index is 2.07. The second kappa shape index (κ2) is 5.96. The molecule has 5 heteroatoms. The van der Waals surface area contributed by atoms with Crippen LogP contribution in [0.1, 0.15) is 43.0 Å². The number of hydrogen-bond donors (Lipinski definition) is 1. The van der Waals surface area contributed by atoms with E-state index in [1.807, 2.05) is 30.9 Å². The number of carbonyl (C=O) groups excluding carboxylic acids is 2. The van der Waals surface area contributed by atoms with E-state index in [1.165, 1.54) is 5.56 Å². The van der Waals surface area contributed by atoms with Crippen LogP contribution in [0.4, 0.5) is 4.79 Å². The first-order valence-electron chi connectivity index (χ1n) is 8.50. The fraction of sp³-hybridized carbons (Fsp3) is 0.474. The van der Waals surface area contributed by atoms with E-state index in [0.29, 0.717) is 12.1 Å². The van der Waals surface area contributed by atoms with Crippen molar-refractivity contribution >= 4 is 11.9 Å². The van der Waals surface area contributed by atoms with Crippen LogP contribution in [0.3, 0.4) is 0 Å². The van der Waals surface area contributed by atoms with Gasteiger partial charge >= 0.3 is 6.03 Å². The van der Waals surface area contributed by atoms with Crippen LogP contribution in [0, 0.1) is 13.8 Å². The Bertz CT molecular complexity index is 738. The first kappa shape index (κ1) is 16.6. The van der Waals surface area contributed by atoms with Gasteiger partial charge in [0.1, 0.15) is 0 Å². The van der Waals surface area contributed by atoms with Crippen molar-refractivity contribution < 1.29 is 9.59 Å². The molecular weight excluding hydrogens is 302 g/mol. The number of amides is 3. The summed E-state index contributed by atoms with van der Waals surface area (Å²) in [6, 6.07) is 5.77. The van der Waals surface area contributed by atoms with Gasteiger partial charge in [0.2, 0.25) is 0 Å². The second-order valence-corrected chi connectivity index (χ2v) is 6.85. The SMILES string of the molecule is CC[C@@H](C)N1CC2=C(C1=O)[C@@H](c1ccc(C)cc1C)NC(=O)N2C. The minimum atomic E-state index is -0.370. The van der Waals surface area contributed by atoms with Crippen molar-refractivity contribution in [1.82, 2.24) is 15.1 Å². The average Bonchev–Trinajstić information content (AvgIpc) is 2.88. The van der Waals surface area contributed by atoms with E-state index in [0.717, 1.165) is 23.2 Å². The number of nitrogens with one attached hydrogen (secondary N) is 1. The summed E-state index contributed by atoms with van der Waals surface area (Å²) in [5.41, 5.74) is 4.79. The lowest BCUT2D eigenvalue weighted by molar-refractivity contribution is -0.127. The van der Waals surface area contributed by atoms with Gasteiger partial charge in [0.05, 0.1) is 23.9 Å². The molecule has 1 aromatic carbocycles. The van der Waals surface area contributed by atoms with Gasteiger partial charge in [0.15, 0.2) is 0 Å². The largest absolute Gasteiger partial charge is 0.330 e. The fourth-order valence-electron chi connectivity index (χ4n) is 3.55. The van der Waals surface area contributed by atoms with Crippen molar-refractivity contribution in [3.8, 4) is 0 Å². The van der Waals surface area contributed by atoms with E-state index in [-0.39, 0.29) is 24.0 Å². The van der Waals surface area contributed by atoms with Gasteiger partial charge in [-0.25, -0.2) is 4.79 Å². The highest BCUT2D eigenvalue weighted by Gasteiger charge is 2.44. The number of rotatable bonds is 3. The molecule has 1 N–H and O–H groups in total. The number of aryl methyl sites for hydroxylation is 2. The highest BCUT2D eigenvalue weighted by atomic mass is 16.2. The van der Waals surface area contributed by atoms with Gasteiger partial charge in [-0.15, -0.1) is 0 Å². The zero-order valence-electron chi connectivity index (χ0n) is 15.0. The molecular formula is C19H25N3O2. The van der Waals surface area contributed by atoms with Crippen LogP contribution in [-0.2, 0) is 4.79 Å². The van der Waals surface area contributed by atoms with E-state index in [9.17, 15) is 9.59 Å². The number of hydrogen-bond acceptors (Lipinski definition) is 2. The Labute approximate surface area is 143 Å². The van der Waals surface area contributed by atoms with Crippen molar-refractivity contribution in [2.45, 2.75) is 46.2 Å². The van der Waals surface area contributed by atoms with Gasteiger partial charge in [-0.2, -0.15) is 0 Å². The summed E-state index contributed by atoms with van der Waals surface area (Å²) in [5, 5.41) is 3.00. The van der Waals surface area contributed by atoms with E-state index >= 15 is 0 Å². The van der Waals surface area contributed by atoms with Crippen molar-refractivity contribution in [2.75, 3.05) is 13.6 Å². The van der Waals surface area contributed by atoms with E-state index < -0.39 is 0 Å². The van der Waals surface area contributed by atoms with E-state index in [1.54, 1.807) is 11.9 Å². The molecule has 0 fully saturated rings. The molecule has 24 heavy (non-hydrogen) atoms. The highest BCUT2D eigenvalue weighted by molar-refractivity contribution is 6.01. The van der Waals surface area contributed by atoms with E-state index in [2.05, 4.69) is 25.2 Å². The summed E-state index contributed by atoms with van der Waals surface area (Å²) in [5.74, 6) is 0.0381. The lowest BCUT2D eigenvalue weighted by Crippen LogP contribution is -2.45. The summed E-state index contributed by atoms with van der Waals surface area (Å²) < 4.78 is 0. The molecule has 2 heterocycles. The van der Waals surface area contributed by atoms with Crippen molar-refractivity contribution in [1.29, 1.82) is 0 Å². The Kier molecular flexibility index (Phi) is 4.11. The van der Waals surface area contributed by atoms with Crippen molar-refractivity contribution in [3.63, 3.8) is 0 Å². The van der Waals surface area contributed by atoms with Crippen LogP contribution in [0.2, 0.25) is 0 Å². The zero-order valence-corrected chi connectivity index (χ0v) is 15.0. The predicted molar refractivity (Wildman–Crippen MR) is 93.4 cm³/mol. The van der Waals surface area contributed by atoms with Crippen LogP contribution in [0.15, 0.2) is 29.5 Å².